The summed E-state index contributed by atoms with van der Waals surface area (Å²) in [6, 6.07) is 16.2. The van der Waals surface area contributed by atoms with Gasteiger partial charge in [0.25, 0.3) is 5.91 Å². The van der Waals surface area contributed by atoms with Crippen LogP contribution >= 0.6 is 11.3 Å². The predicted molar refractivity (Wildman–Crippen MR) is 125 cm³/mol. The summed E-state index contributed by atoms with van der Waals surface area (Å²) in [4.78, 5) is 28.0. The number of likely N-dealkylation sites (tertiary alicyclic amines) is 1. The maximum absolute atomic E-state index is 12.7. The van der Waals surface area contributed by atoms with E-state index in [1.807, 2.05) is 36.7 Å². The second kappa shape index (κ2) is 9.20. The molecule has 7 nitrogen and oxygen atoms in total. The smallest absolute Gasteiger partial charge is 0.411 e. The molecule has 31 heavy (non-hydrogen) atoms. The van der Waals surface area contributed by atoms with Crippen LogP contribution in [-0.2, 0) is 4.74 Å². The van der Waals surface area contributed by atoms with Crippen LogP contribution in [0.5, 0.6) is 0 Å². The molecule has 1 fully saturated rings. The van der Waals surface area contributed by atoms with Crippen LogP contribution in [0.15, 0.2) is 60.0 Å². The number of carbonyl (C=O) groups is 2. The zero-order valence-corrected chi connectivity index (χ0v) is 17.9. The van der Waals surface area contributed by atoms with Gasteiger partial charge in [0.2, 0.25) is 0 Å². The van der Waals surface area contributed by atoms with Gasteiger partial charge in [0.05, 0.1) is 11.4 Å². The Labute approximate surface area is 184 Å². The average Bonchev–Trinajstić information content (AvgIpc) is 3.42. The highest BCUT2D eigenvalue weighted by atomic mass is 32.1. The Bertz CT molecular complexity index is 1070. The van der Waals surface area contributed by atoms with Crippen molar-refractivity contribution in [3.05, 3.63) is 65.5 Å². The molecule has 160 valence electrons. The minimum atomic E-state index is -0.490. The van der Waals surface area contributed by atoms with Gasteiger partial charge in [0, 0.05) is 29.2 Å². The first kappa shape index (κ1) is 20.9. The second-order valence-electron chi connectivity index (χ2n) is 7.51. The highest BCUT2D eigenvalue weighted by molar-refractivity contribution is 7.13. The minimum absolute atomic E-state index is 0.0922. The van der Waals surface area contributed by atoms with Crippen LogP contribution in [0.25, 0.3) is 10.4 Å². The Morgan fingerprint density at radius 1 is 1.13 bits per heavy atom. The Hall–Kier alpha value is -3.36. The fourth-order valence-electron chi connectivity index (χ4n) is 3.45. The van der Waals surface area contributed by atoms with Crippen LogP contribution in [0.4, 0.5) is 21.9 Å². The van der Waals surface area contributed by atoms with Gasteiger partial charge < -0.3 is 20.7 Å². The van der Waals surface area contributed by atoms with Crippen molar-refractivity contribution in [1.82, 2.24) is 4.90 Å². The van der Waals surface area contributed by atoms with E-state index in [2.05, 4.69) is 15.5 Å². The number of nitrogens with zero attached hydrogens (tertiary/aromatic N) is 1. The van der Waals surface area contributed by atoms with Crippen molar-refractivity contribution in [3.63, 3.8) is 0 Å². The number of nitrogens with two attached hydrogens (primary N) is 1. The number of carbonyl (C=O) groups excluding carboxylic acids is 2. The first-order chi connectivity index (χ1) is 15.0. The van der Waals surface area contributed by atoms with Crippen LogP contribution in [0.1, 0.15) is 16.8 Å². The predicted octanol–water partition coefficient (Wildman–Crippen LogP) is 4.50. The maximum atomic E-state index is 12.7. The van der Waals surface area contributed by atoms with Gasteiger partial charge in [-0.15, -0.1) is 11.3 Å². The summed E-state index contributed by atoms with van der Waals surface area (Å²) in [5.41, 5.74) is 9.11. The monoisotopic (exact) mass is 436 g/mol. The zero-order chi connectivity index (χ0) is 21.8. The quantitative estimate of drug-likeness (QED) is 0.512. The average molecular weight is 437 g/mol. The zero-order valence-electron chi connectivity index (χ0n) is 17.1. The molecule has 0 radical (unpaired) electrons. The van der Waals surface area contributed by atoms with Crippen molar-refractivity contribution < 1.29 is 14.3 Å². The summed E-state index contributed by atoms with van der Waals surface area (Å²) >= 11 is 1.62. The molecule has 0 unspecified atom stereocenters. The molecular formula is C23H24N4O3S. The fourth-order valence-corrected chi connectivity index (χ4v) is 4.17. The van der Waals surface area contributed by atoms with Crippen molar-refractivity contribution in [2.24, 2.45) is 0 Å². The molecule has 1 saturated heterocycles. The summed E-state index contributed by atoms with van der Waals surface area (Å²) < 4.78 is 5.41. The molecule has 1 aliphatic heterocycles. The molecule has 0 saturated carbocycles. The van der Waals surface area contributed by atoms with Gasteiger partial charge in [-0.2, -0.15) is 0 Å². The SMILES string of the molecule is CN1CC[C@@H](OC(=O)Nc2ccc(C(=O)Nc3cc(-c4cccs4)ccc3N)cc2)C1. The third-order valence-corrected chi connectivity index (χ3v) is 6.04. The number of nitrogens with one attached hydrogen (secondary N) is 2. The first-order valence-corrected chi connectivity index (χ1v) is 10.9. The van der Waals surface area contributed by atoms with Crippen LogP contribution in [-0.4, -0.2) is 43.1 Å². The molecule has 0 bridgehead atoms. The van der Waals surface area contributed by atoms with Crippen molar-refractivity contribution in [1.29, 1.82) is 0 Å². The lowest BCUT2D eigenvalue weighted by Gasteiger charge is -2.13. The summed E-state index contributed by atoms with van der Waals surface area (Å²) in [5.74, 6) is -0.279. The molecule has 1 aromatic heterocycles. The molecule has 2 amide bonds. The van der Waals surface area contributed by atoms with Gasteiger partial charge in [-0.05, 0) is 66.9 Å². The number of ether oxygens (including phenoxy) is 1. The Kier molecular flexibility index (Phi) is 6.20. The topological polar surface area (TPSA) is 96.7 Å². The number of nitrogen functional groups attached to an aromatic ring is 1. The van der Waals surface area contributed by atoms with Gasteiger partial charge >= 0.3 is 6.09 Å². The van der Waals surface area contributed by atoms with E-state index in [0.717, 1.165) is 30.0 Å². The van der Waals surface area contributed by atoms with E-state index in [-0.39, 0.29) is 12.0 Å². The number of hydrogen-bond acceptors (Lipinski definition) is 6. The van der Waals surface area contributed by atoms with E-state index in [0.29, 0.717) is 22.6 Å². The number of hydrogen-bond donors (Lipinski definition) is 3. The Morgan fingerprint density at radius 3 is 2.61 bits per heavy atom. The molecule has 4 rings (SSSR count). The van der Waals surface area contributed by atoms with Crippen molar-refractivity contribution in [2.45, 2.75) is 12.5 Å². The number of benzene rings is 2. The van der Waals surface area contributed by atoms with Gasteiger partial charge in [-0.25, -0.2) is 4.79 Å². The van der Waals surface area contributed by atoms with Crippen LogP contribution in [0.3, 0.4) is 0 Å². The van der Waals surface area contributed by atoms with E-state index in [1.165, 1.54) is 0 Å². The summed E-state index contributed by atoms with van der Waals surface area (Å²) in [6.45, 7) is 1.66. The molecule has 8 heteroatoms. The molecule has 0 aliphatic carbocycles. The van der Waals surface area contributed by atoms with E-state index in [4.69, 9.17) is 10.5 Å². The molecule has 0 spiro atoms. The molecule has 2 heterocycles. The maximum Gasteiger partial charge on any atom is 0.411 e. The molecular weight excluding hydrogens is 412 g/mol. The molecule has 2 aromatic carbocycles. The summed E-state index contributed by atoms with van der Waals surface area (Å²) in [5, 5.41) is 7.57. The van der Waals surface area contributed by atoms with Gasteiger partial charge in [0.1, 0.15) is 6.10 Å². The number of likely N-dealkylation sites (N-methyl/N-ethyl adjacent to an activating group) is 1. The number of rotatable bonds is 5. The largest absolute Gasteiger partial charge is 0.445 e. The first-order valence-electron chi connectivity index (χ1n) is 9.99. The second-order valence-corrected chi connectivity index (χ2v) is 8.46. The molecule has 4 N–H and O–H groups in total. The Balaban J connectivity index is 1.37. The van der Waals surface area contributed by atoms with Gasteiger partial charge in [-0.1, -0.05) is 12.1 Å². The third-order valence-electron chi connectivity index (χ3n) is 5.12. The van der Waals surface area contributed by atoms with E-state index < -0.39 is 6.09 Å². The normalized spacial score (nSPS) is 16.1. The Morgan fingerprint density at radius 2 is 1.94 bits per heavy atom. The van der Waals surface area contributed by atoms with E-state index in [9.17, 15) is 9.59 Å². The highest BCUT2D eigenvalue weighted by Crippen LogP contribution is 2.30. The van der Waals surface area contributed by atoms with Gasteiger partial charge in [0.15, 0.2) is 0 Å². The van der Waals surface area contributed by atoms with Crippen molar-refractivity contribution in [2.75, 3.05) is 36.5 Å². The lowest BCUT2D eigenvalue weighted by atomic mass is 10.1. The minimum Gasteiger partial charge on any atom is -0.445 e. The molecule has 1 aliphatic rings. The highest BCUT2D eigenvalue weighted by Gasteiger charge is 2.23. The number of amides is 2. The summed E-state index contributed by atoms with van der Waals surface area (Å²) in [7, 11) is 2.00. The standard InChI is InChI=1S/C23H24N4O3S/c1-27-11-10-18(14-27)30-23(29)25-17-7-4-15(5-8-17)22(28)26-20-13-16(6-9-19(20)24)21-3-2-12-31-21/h2-9,12-13,18H,10-11,14,24H2,1H3,(H,25,29)(H,26,28)/t18-/m1/s1. The molecule has 3 aromatic rings. The lowest BCUT2D eigenvalue weighted by molar-refractivity contribution is 0.102. The number of anilines is 3. The lowest BCUT2D eigenvalue weighted by Crippen LogP contribution is -2.25. The van der Waals surface area contributed by atoms with Gasteiger partial charge in [-0.3, -0.25) is 10.1 Å². The fraction of sp³-hybridized carbons (Fsp3) is 0.217. The summed E-state index contributed by atoms with van der Waals surface area (Å²) in [6.07, 6.45) is 0.251. The third kappa shape index (κ3) is 5.22. The van der Waals surface area contributed by atoms with E-state index in [1.54, 1.807) is 41.7 Å². The van der Waals surface area contributed by atoms with E-state index >= 15 is 0 Å². The van der Waals surface area contributed by atoms with Crippen LogP contribution in [0, 0.1) is 0 Å². The van der Waals surface area contributed by atoms with Crippen LogP contribution in [0.2, 0.25) is 0 Å². The van der Waals surface area contributed by atoms with Crippen LogP contribution < -0.4 is 16.4 Å². The molecule has 1 atom stereocenters. The number of thiophene rings is 1. The van der Waals surface area contributed by atoms with Crippen molar-refractivity contribution >= 4 is 40.4 Å². The van der Waals surface area contributed by atoms with Crippen molar-refractivity contribution in [3.8, 4) is 10.4 Å².